The van der Waals surface area contributed by atoms with E-state index in [0.29, 0.717) is 22.9 Å². The van der Waals surface area contributed by atoms with Crippen molar-refractivity contribution in [2.75, 3.05) is 22.5 Å². The molecule has 0 aromatic heterocycles. The highest BCUT2D eigenvalue weighted by Gasteiger charge is 2.26. The molecular formula is C15H14ClN3O. The molecular weight excluding hydrogens is 274 g/mol. The molecule has 1 heterocycles. The van der Waals surface area contributed by atoms with Crippen LogP contribution in [0.2, 0.25) is 5.02 Å². The molecule has 2 aromatic carbocycles. The number of nitrogens with two attached hydrogens (primary N) is 1. The number of nitrogens with zero attached hydrogens (tertiary/aromatic N) is 1. The summed E-state index contributed by atoms with van der Waals surface area (Å²) in [6.45, 7) is 0.642. The summed E-state index contributed by atoms with van der Waals surface area (Å²) >= 11 is 5.82. The van der Waals surface area contributed by atoms with E-state index in [9.17, 15) is 4.79 Å². The lowest BCUT2D eigenvalue weighted by Gasteiger charge is -2.19. The number of fused-ring (bicyclic) bond motifs is 1. The third-order valence-electron chi connectivity index (χ3n) is 3.37. The van der Waals surface area contributed by atoms with Gasteiger partial charge in [0.25, 0.3) is 0 Å². The van der Waals surface area contributed by atoms with Crippen LogP contribution in [0.4, 0.5) is 21.9 Å². The van der Waals surface area contributed by atoms with Crippen molar-refractivity contribution in [2.45, 2.75) is 6.42 Å². The molecule has 5 heteroatoms. The van der Waals surface area contributed by atoms with Gasteiger partial charge in [-0.15, -0.1) is 0 Å². The zero-order chi connectivity index (χ0) is 14.1. The summed E-state index contributed by atoms with van der Waals surface area (Å²) in [5, 5.41) is 3.49. The van der Waals surface area contributed by atoms with E-state index in [1.807, 2.05) is 18.2 Å². The number of amides is 2. The second-order valence-corrected chi connectivity index (χ2v) is 5.13. The summed E-state index contributed by atoms with van der Waals surface area (Å²) in [5.74, 6) is 0. The number of carbonyl (C=O) groups excluding carboxylic acids is 1. The third kappa shape index (κ3) is 2.30. The van der Waals surface area contributed by atoms with Gasteiger partial charge in [-0.2, -0.15) is 0 Å². The first-order valence-electron chi connectivity index (χ1n) is 6.36. The lowest BCUT2D eigenvalue weighted by Crippen LogP contribution is -2.33. The minimum atomic E-state index is -0.177. The van der Waals surface area contributed by atoms with Gasteiger partial charge in [0.2, 0.25) is 0 Å². The van der Waals surface area contributed by atoms with Crippen LogP contribution in [-0.2, 0) is 6.42 Å². The predicted octanol–water partition coefficient (Wildman–Crippen LogP) is 3.52. The van der Waals surface area contributed by atoms with Gasteiger partial charge in [-0.1, -0.05) is 23.7 Å². The highest BCUT2D eigenvalue weighted by Crippen LogP contribution is 2.33. The minimum absolute atomic E-state index is 0.177. The molecule has 0 aliphatic carbocycles. The van der Waals surface area contributed by atoms with Crippen molar-refractivity contribution in [1.29, 1.82) is 0 Å². The summed E-state index contributed by atoms with van der Waals surface area (Å²) in [7, 11) is 0. The highest BCUT2D eigenvalue weighted by atomic mass is 35.5. The van der Waals surface area contributed by atoms with Gasteiger partial charge in [-0.3, -0.25) is 4.90 Å². The van der Waals surface area contributed by atoms with Gasteiger partial charge < -0.3 is 11.1 Å². The molecule has 0 saturated carbocycles. The van der Waals surface area contributed by atoms with Crippen molar-refractivity contribution in [3.63, 3.8) is 0 Å². The molecule has 3 N–H and O–H groups in total. The first-order valence-corrected chi connectivity index (χ1v) is 6.74. The monoisotopic (exact) mass is 287 g/mol. The van der Waals surface area contributed by atoms with Crippen LogP contribution in [-0.4, -0.2) is 12.6 Å². The average molecular weight is 288 g/mol. The van der Waals surface area contributed by atoms with Gasteiger partial charge in [0, 0.05) is 17.3 Å². The van der Waals surface area contributed by atoms with E-state index in [2.05, 4.69) is 5.32 Å². The molecule has 0 bridgehead atoms. The van der Waals surface area contributed by atoms with E-state index in [-0.39, 0.29) is 6.03 Å². The van der Waals surface area contributed by atoms with Gasteiger partial charge >= 0.3 is 6.03 Å². The van der Waals surface area contributed by atoms with Gasteiger partial charge in [0.05, 0.1) is 11.4 Å². The van der Waals surface area contributed by atoms with Crippen LogP contribution in [0.25, 0.3) is 0 Å². The fourth-order valence-electron chi connectivity index (χ4n) is 2.41. The van der Waals surface area contributed by atoms with Crippen LogP contribution < -0.4 is 16.0 Å². The molecule has 2 amide bonds. The molecule has 0 spiro atoms. The average Bonchev–Trinajstić information content (AvgIpc) is 2.87. The summed E-state index contributed by atoms with van der Waals surface area (Å²) in [6, 6.07) is 12.6. The number of nitrogen functional groups attached to an aromatic ring is 1. The van der Waals surface area contributed by atoms with Crippen LogP contribution in [0.3, 0.4) is 0 Å². The maximum atomic E-state index is 12.3. The zero-order valence-electron chi connectivity index (χ0n) is 10.8. The number of rotatable bonds is 1. The van der Waals surface area contributed by atoms with Gasteiger partial charge in [-0.25, -0.2) is 4.79 Å². The number of urea groups is 1. The molecule has 102 valence electrons. The van der Waals surface area contributed by atoms with Crippen LogP contribution in [0, 0.1) is 0 Å². The van der Waals surface area contributed by atoms with E-state index in [4.69, 9.17) is 17.3 Å². The summed E-state index contributed by atoms with van der Waals surface area (Å²) in [4.78, 5) is 14.0. The Balaban J connectivity index is 1.82. The molecule has 0 unspecified atom stereocenters. The first-order chi connectivity index (χ1) is 9.65. The molecule has 0 atom stereocenters. The number of carbonyl (C=O) groups is 1. The van der Waals surface area contributed by atoms with Crippen LogP contribution in [0.15, 0.2) is 42.5 Å². The second-order valence-electron chi connectivity index (χ2n) is 4.69. The smallest absolute Gasteiger partial charge is 0.326 e. The first kappa shape index (κ1) is 12.8. The Kier molecular flexibility index (Phi) is 3.24. The highest BCUT2D eigenvalue weighted by molar-refractivity contribution is 6.30. The predicted molar refractivity (Wildman–Crippen MR) is 82.4 cm³/mol. The quantitative estimate of drug-likeness (QED) is 0.789. The maximum absolute atomic E-state index is 12.3. The number of hydrogen-bond donors (Lipinski definition) is 2. The lowest BCUT2D eigenvalue weighted by molar-refractivity contribution is 0.257. The summed E-state index contributed by atoms with van der Waals surface area (Å²) in [5.41, 5.74) is 9.24. The topological polar surface area (TPSA) is 58.4 Å². The van der Waals surface area contributed by atoms with E-state index >= 15 is 0 Å². The van der Waals surface area contributed by atoms with E-state index in [0.717, 1.165) is 17.7 Å². The molecule has 2 aromatic rings. The van der Waals surface area contributed by atoms with Crippen LogP contribution in [0.5, 0.6) is 0 Å². The van der Waals surface area contributed by atoms with Crippen molar-refractivity contribution < 1.29 is 4.79 Å². The fraction of sp³-hybridized carbons (Fsp3) is 0.133. The number of benzene rings is 2. The molecule has 1 aliphatic heterocycles. The molecule has 4 nitrogen and oxygen atoms in total. The Hall–Kier alpha value is -2.20. The third-order valence-corrected chi connectivity index (χ3v) is 3.62. The van der Waals surface area contributed by atoms with Gasteiger partial charge in [-0.05, 0) is 42.3 Å². The maximum Gasteiger partial charge on any atom is 0.326 e. The Morgan fingerprint density at radius 1 is 1.20 bits per heavy atom. The Labute approximate surface area is 122 Å². The molecule has 0 saturated heterocycles. The molecule has 20 heavy (non-hydrogen) atoms. The van der Waals surface area contributed by atoms with E-state index < -0.39 is 0 Å². The van der Waals surface area contributed by atoms with Crippen molar-refractivity contribution in [2.24, 2.45) is 0 Å². The van der Waals surface area contributed by atoms with Gasteiger partial charge in [0.1, 0.15) is 0 Å². The van der Waals surface area contributed by atoms with Crippen molar-refractivity contribution in [1.82, 2.24) is 0 Å². The van der Waals surface area contributed by atoms with Crippen molar-refractivity contribution >= 4 is 34.7 Å². The normalized spacial score (nSPS) is 13.2. The minimum Gasteiger partial charge on any atom is -0.397 e. The van der Waals surface area contributed by atoms with Crippen molar-refractivity contribution in [3.05, 3.63) is 53.1 Å². The number of para-hydroxylation sites is 1. The number of halogens is 1. The number of hydrogen-bond acceptors (Lipinski definition) is 2. The summed E-state index contributed by atoms with van der Waals surface area (Å²) < 4.78 is 0. The Morgan fingerprint density at radius 2 is 1.95 bits per heavy atom. The molecule has 3 rings (SSSR count). The SMILES string of the molecule is Nc1cccc2c1N(C(=O)Nc1ccc(Cl)cc1)CC2. The van der Waals surface area contributed by atoms with E-state index in [1.54, 1.807) is 29.2 Å². The van der Waals surface area contributed by atoms with Crippen molar-refractivity contribution in [3.8, 4) is 0 Å². The van der Waals surface area contributed by atoms with Crippen LogP contribution >= 0.6 is 11.6 Å². The fourth-order valence-corrected chi connectivity index (χ4v) is 2.54. The standard InChI is InChI=1S/C15H14ClN3O/c16-11-4-6-12(7-5-11)18-15(20)19-9-8-10-2-1-3-13(17)14(10)19/h1-7H,8-9,17H2,(H,18,20). The summed E-state index contributed by atoms with van der Waals surface area (Å²) in [6.07, 6.45) is 0.828. The zero-order valence-corrected chi connectivity index (χ0v) is 11.5. The van der Waals surface area contributed by atoms with Gasteiger partial charge in [0.15, 0.2) is 0 Å². The van der Waals surface area contributed by atoms with Crippen LogP contribution in [0.1, 0.15) is 5.56 Å². The largest absolute Gasteiger partial charge is 0.397 e. The molecule has 0 fully saturated rings. The molecule has 1 aliphatic rings. The van der Waals surface area contributed by atoms with E-state index in [1.165, 1.54) is 0 Å². The number of nitrogens with one attached hydrogen (secondary N) is 1. The Morgan fingerprint density at radius 3 is 2.70 bits per heavy atom. The lowest BCUT2D eigenvalue weighted by atomic mass is 10.1. The Bertz CT molecular complexity index is 655. The number of anilines is 3. The molecule has 0 radical (unpaired) electrons. The second kappa shape index (κ2) is 5.06.